The van der Waals surface area contributed by atoms with Crippen LogP contribution in [-0.2, 0) is 6.54 Å². The molecular formula is C16H24N4. The molecule has 4 heteroatoms. The molecule has 1 N–H and O–H groups in total. The number of piperidine rings is 1. The van der Waals surface area contributed by atoms with E-state index < -0.39 is 0 Å². The number of nitrogens with one attached hydrogen (secondary N) is 1. The lowest BCUT2D eigenvalue weighted by molar-refractivity contribution is 0.175. The van der Waals surface area contributed by atoms with Crippen LogP contribution in [0, 0.1) is 12.8 Å². The van der Waals surface area contributed by atoms with Gasteiger partial charge in [-0.15, -0.1) is 0 Å². The van der Waals surface area contributed by atoms with Crippen molar-refractivity contribution < 1.29 is 0 Å². The molecule has 4 nitrogen and oxygen atoms in total. The SMILES string of the molecule is CNCC1CCN(Cc2cn3cc(C)ccc3n2)CC1. The van der Waals surface area contributed by atoms with Crippen LogP contribution in [0.2, 0.25) is 0 Å². The predicted molar refractivity (Wildman–Crippen MR) is 81.9 cm³/mol. The van der Waals surface area contributed by atoms with Gasteiger partial charge >= 0.3 is 0 Å². The molecule has 0 aliphatic carbocycles. The summed E-state index contributed by atoms with van der Waals surface area (Å²) in [6.45, 7) is 6.64. The van der Waals surface area contributed by atoms with Gasteiger partial charge in [-0.25, -0.2) is 4.98 Å². The van der Waals surface area contributed by atoms with Gasteiger partial charge in [-0.05, 0) is 64.0 Å². The summed E-state index contributed by atoms with van der Waals surface area (Å²) in [5.41, 5.74) is 3.51. The van der Waals surface area contributed by atoms with Crippen molar-refractivity contribution in [2.75, 3.05) is 26.7 Å². The first-order chi connectivity index (χ1) is 9.74. The van der Waals surface area contributed by atoms with Gasteiger partial charge in [-0.3, -0.25) is 4.90 Å². The molecule has 2 aromatic heterocycles. The smallest absolute Gasteiger partial charge is 0.137 e. The molecule has 108 valence electrons. The van der Waals surface area contributed by atoms with Crippen LogP contribution in [0.4, 0.5) is 0 Å². The van der Waals surface area contributed by atoms with E-state index in [1.54, 1.807) is 0 Å². The highest BCUT2D eigenvalue weighted by atomic mass is 15.1. The minimum Gasteiger partial charge on any atom is -0.319 e. The Morgan fingerprint density at radius 1 is 1.25 bits per heavy atom. The summed E-state index contributed by atoms with van der Waals surface area (Å²) < 4.78 is 2.14. The second kappa shape index (κ2) is 5.94. The summed E-state index contributed by atoms with van der Waals surface area (Å²) >= 11 is 0. The molecule has 3 rings (SSSR count). The van der Waals surface area contributed by atoms with Gasteiger partial charge in [-0.2, -0.15) is 0 Å². The average molecular weight is 272 g/mol. The second-order valence-corrected chi connectivity index (χ2v) is 5.98. The molecule has 0 unspecified atom stereocenters. The summed E-state index contributed by atoms with van der Waals surface area (Å²) in [6.07, 6.45) is 6.91. The third-order valence-corrected chi connectivity index (χ3v) is 4.23. The Morgan fingerprint density at radius 2 is 2.05 bits per heavy atom. The van der Waals surface area contributed by atoms with Crippen molar-refractivity contribution in [2.45, 2.75) is 26.3 Å². The van der Waals surface area contributed by atoms with Gasteiger partial charge in [-0.1, -0.05) is 6.07 Å². The highest BCUT2D eigenvalue weighted by Crippen LogP contribution is 2.18. The van der Waals surface area contributed by atoms with Crippen LogP contribution in [0.25, 0.3) is 5.65 Å². The van der Waals surface area contributed by atoms with E-state index in [0.717, 1.165) is 24.7 Å². The van der Waals surface area contributed by atoms with E-state index >= 15 is 0 Å². The fourth-order valence-corrected chi connectivity index (χ4v) is 3.10. The molecule has 3 heterocycles. The largest absolute Gasteiger partial charge is 0.319 e. The maximum absolute atomic E-state index is 4.71. The molecule has 0 amide bonds. The Balaban J connectivity index is 1.62. The highest BCUT2D eigenvalue weighted by Gasteiger charge is 2.19. The Kier molecular flexibility index (Phi) is 4.03. The van der Waals surface area contributed by atoms with E-state index in [1.165, 1.54) is 37.2 Å². The number of likely N-dealkylation sites (tertiary alicyclic amines) is 1. The van der Waals surface area contributed by atoms with Crippen molar-refractivity contribution in [1.82, 2.24) is 19.6 Å². The normalized spacial score (nSPS) is 17.9. The van der Waals surface area contributed by atoms with Crippen LogP contribution in [0.1, 0.15) is 24.1 Å². The fraction of sp³-hybridized carbons (Fsp3) is 0.562. The van der Waals surface area contributed by atoms with Crippen molar-refractivity contribution >= 4 is 5.65 Å². The van der Waals surface area contributed by atoms with Crippen molar-refractivity contribution in [3.8, 4) is 0 Å². The lowest BCUT2D eigenvalue weighted by Gasteiger charge is -2.31. The zero-order valence-electron chi connectivity index (χ0n) is 12.5. The second-order valence-electron chi connectivity index (χ2n) is 5.98. The zero-order chi connectivity index (χ0) is 13.9. The van der Waals surface area contributed by atoms with Crippen molar-refractivity contribution in [3.05, 3.63) is 35.8 Å². The molecule has 0 atom stereocenters. The van der Waals surface area contributed by atoms with Crippen LogP contribution < -0.4 is 5.32 Å². The van der Waals surface area contributed by atoms with Crippen LogP contribution in [0.15, 0.2) is 24.5 Å². The quantitative estimate of drug-likeness (QED) is 0.925. The Morgan fingerprint density at radius 3 is 2.80 bits per heavy atom. The van der Waals surface area contributed by atoms with Gasteiger partial charge in [0.05, 0.1) is 5.69 Å². The lowest BCUT2D eigenvalue weighted by atomic mass is 9.97. The van der Waals surface area contributed by atoms with Crippen LogP contribution >= 0.6 is 0 Å². The third kappa shape index (κ3) is 3.02. The van der Waals surface area contributed by atoms with Crippen molar-refractivity contribution in [2.24, 2.45) is 5.92 Å². The molecule has 0 aromatic carbocycles. The molecule has 1 aliphatic rings. The number of aryl methyl sites for hydroxylation is 1. The number of pyridine rings is 1. The Labute approximate surface area is 120 Å². The zero-order valence-corrected chi connectivity index (χ0v) is 12.5. The van der Waals surface area contributed by atoms with E-state index in [-0.39, 0.29) is 0 Å². The summed E-state index contributed by atoms with van der Waals surface area (Å²) in [6, 6.07) is 4.22. The summed E-state index contributed by atoms with van der Waals surface area (Å²) in [5, 5.41) is 3.29. The molecule has 0 bridgehead atoms. The van der Waals surface area contributed by atoms with Crippen molar-refractivity contribution in [1.29, 1.82) is 0 Å². The van der Waals surface area contributed by atoms with Gasteiger partial charge in [0.25, 0.3) is 0 Å². The summed E-state index contributed by atoms with van der Waals surface area (Å²) in [4.78, 5) is 7.24. The number of nitrogens with zero attached hydrogens (tertiary/aromatic N) is 3. The van der Waals surface area contributed by atoms with E-state index in [4.69, 9.17) is 4.98 Å². The number of hydrogen-bond donors (Lipinski definition) is 1. The van der Waals surface area contributed by atoms with E-state index in [0.29, 0.717) is 0 Å². The minimum absolute atomic E-state index is 0.847. The maximum Gasteiger partial charge on any atom is 0.137 e. The van der Waals surface area contributed by atoms with Crippen LogP contribution in [0.3, 0.4) is 0 Å². The van der Waals surface area contributed by atoms with Gasteiger partial charge in [0.15, 0.2) is 0 Å². The number of hydrogen-bond acceptors (Lipinski definition) is 3. The monoisotopic (exact) mass is 272 g/mol. The summed E-state index contributed by atoms with van der Waals surface area (Å²) in [7, 11) is 2.05. The van der Waals surface area contributed by atoms with E-state index in [1.807, 2.05) is 7.05 Å². The molecule has 0 saturated carbocycles. The van der Waals surface area contributed by atoms with Crippen LogP contribution in [0.5, 0.6) is 0 Å². The predicted octanol–water partition coefficient (Wildman–Crippen LogP) is 2.07. The minimum atomic E-state index is 0.847. The van der Waals surface area contributed by atoms with Crippen LogP contribution in [-0.4, -0.2) is 41.0 Å². The molecule has 1 fully saturated rings. The topological polar surface area (TPSA) is 32.6 Å². The maximum atomic E-state index is 4.71. The van der Waals surface area contributed by atoms with Crippen molar-refractivity contribution in [3.63, 3.8) is 0 Å². The fourth-order valence-electron chi connectivity index (χ4n) is 3.10. The number of imidazole rings is 1. The molecule has 1 aliphatic heterocycles. The first kappa shape index (κ1) is 13.6. The molecule has 0 radical (unpaired) electrons. The van der Waals surface area contributed by atoms with Gasteiger partial charge in [0.1, 0.15) is 5.65 Å². The molecule has 20 heavy (non-hydrogen) atoms. The molecule has 2 aromatic rings. The average Bonchev–Trinajstić information content (AvgIpc) is 2.82. The Bertz CT molecular complexity index is 567. The molecular weight excluding hydrogens is 248 g/mol. The number of aromatic nitrogens is 2. The first-order valence-corrected chi connectivity index (χ1v) is 7.56. The van der Waals surface area contributed by atoms with Gasteiger partial charge in [0.2, 0.25) is 0 Å². The third-order valence-electron chi connectivity index (χ3n) is 4.23. The van der Waals surface area contributed by atoms with Gasteiger partial charge < -0.3 is 9.72 Å². The lowest BCUT2D eigenvalue weighted by Crippen LogP contribution is -2.36. The first-order valence-electron chi connectivity index (χ1n) is 7.56. The number of rotatable bonds is 4. The summed E-state index contributed by atoms with van der Waals surface area (Å²) in [5.74, 6) is 0.847. The van der Waals surface area contributed by atoms with Gasteiger partial charge in [0, 0.05) is 18.9 Å². The highest BCUT2D eigenvalue weighted by molar-refractivity contribution is 5.41. The molecule has 0 spiro atoms. The standard InChI is InChI=1S/C16H24N4/c1-13-3-4-16-18-15(12-20(16)10-13)11-19-7-5-14(6-8-19)9-17-2/h3-4,10,12,14,17H,5-9,11H2,1-2H3. The van der Waals surface area contributed by atoms with E-state index in [9.17, 15) is 0 Å². The Hall–Kier alpha value is -1.39. The van der Waals surface area contributed by atoms with E-state index in [2.05, 4.69) is 46.1 Å². The molecule has 1 saturated heterocycles. The number of fused-ring (bicyclic) bond motifs is 1.